The number of hydrogen-bond acceptors (Lipinski definition) is 6. The van der Waals surface area contributed by atoms with Gasteiger partial charge in [0.2, 0.25) is 5.91 Å². The number of imidazole rings is 1. The zero-order valence-electron chi connectivity index (χ0n) is 23.5. The van der Waals surface area contributed by atoms with Crippen LogP contribution in [0.1, 0.15) is 62.7 Å². The van der Waals surface area contributed by atoms with E-state index in [1.54, 1.807) is 25.1 Å². The monoisotopic (exact) mass is 594 g/mol. The van der Waals surface area contributed by atoms with Gasteiger partial charge in [-0.2, -0.15) is 0 Å². The Morgan fingerprint density at radius 1 is 1.05 bits per heavy atom. The number of fused-ring (bicyclic) bond motifs is 1. The fourth-order valence-corrected chi connectivity index (χ4v) is 4.63. The third-order valence-corrected chi connectivity index (χ3v) is 6.78. The highest BCUT2D eigenvalue weighted by atomic mass is 35.5. The number of pyridine rings is 1. The summed E-state index contributed by atoms with van der Waals surface area (Å²) in [6.07, 6.45) is 2.35. The SMILES string of the molecule is C.CC(C)Oc1ccc(C(=O)N[C@H](CNC(=O)[C@@H](C)O)Cc2ccc(-c3cn4cccc(C(C)O)c4n3)cc2)cc1Cl. The topological polar surface area (TPSA) is 125 Å². The van der Waals surface area contributed by atoms with Gasteiger partial charge in [0.25, 0.3) is 5.91 Å². The summed E-state index contributed by atoms with van der Waals surface area (Å²) in [6, 6.07) is 15.9. The van der Waals surface area contributed by atoms with Crippen molar-refractivity contribution >= 4 is 29.1 Å². The Kier molecular flexibility index (Phi) is 11.1. The molecular weight excluding hydrogens is 556 g/mol. The standard InChI is InChI=1S/C31H35ClN4O5.CH4/c1-18(2)41-28-12-11-23(15-26(28)32)31(40)34-24(16-33-30(39)20(4)38)14-21-7-9-22(10-8-21)27-17-36-13-5-6-25(19(3)37)29(36)35-27;/h5-13,15,17-20,24,37-38H,14,16H2,1-4H3,(H,33,39)(H,34,40);1H4/t19?,20-,24+;/m1./s1. The predicted octanol–water partition coefficient (Wildman–Crippen LogP) is 4.97. The maximum atomic E-state index is 13.1. The Labute approximate surface area is 251 Å². The van der Waals surface area contributed by atoms with Gasteiger partial charge in [-0.1, -0.05) is 49.4 Å². The Balaban J connectivity index is 0.00000484. The molecule has 0 saturated carbocycles. The zero-order valence-corrected chi connectivity index (χ0v) is 24.2. The summed E-state index contributed by atoms with van der Waals surface area (Å²) in [5.74, 6) is -0.387. The molecule has 2 heterocycles. The first-order chi connectivity index (χ1) is 19.5. The summed E-state index contributed by atoms with van der Waals surface area (Å²) in [4.78, 5) is 29.9. The van der Waals surface area contributed by atoms with Crippen LogP contribution in [0.2, 0.25) is 5.02 Å². The van der Waals surface area contributed by atoms with E-state index in [0.717, 1.165) is 22.4 Å². The van der Waals surface area contributed by atoms with Crippen molar-refractivity contribution in [3.05, 3.63) is 88.7 Å². The maximum Gasteiger partial charge on any atom is 0.251 e. The molecule has 2 aromatic heterocycles. The molecule has 4 N–H and O–H groups in total. The van der Waals surface area contributed by atoms with Crippen LogP contribution in [0.15, 0.2) is 67.0 Å². The van der Waals surface area contributed by atoms with E-state index in [4.69, 9.17) is 21.3 Å². The van der Waals surface area contributed by atoms with Gasteiger partial charge in [-0.15, -0.1) is 0 Å². The van der Waals surface area contributed by atoms with E-state index in [1.807, 2.05) is 67.0 Å². The average molecular weight is 595 g/mol. The number of aliphatic hydroxyl groups excluding tert-OH is 2. The van der Waals surface area contributed by atoms with Crippen molar-refractivity contribution in [1.82, 2.24) is 20.0 Å². The molecule has 2 amide bonds. The van der Waals surface area contributed by atoms with Gasteiger partial charge in [0.05, 0.1) is 29.0 Å². The second kappa shape index (κ2) is 14.3. The Morgan fingerprint density at radius 2 is 1.76 bits per heavy atom. The third-order valence-electron chi connectivity index (χ3n) is 6.49. The third kappa shape index (κ3) is 8.09. The number of halogens is 1. The van der Waals surface area contributed by atoms with Crippen LogP contribution in [0, 0.1) is 0 Å². The lowest BCUT2D eigenvalue weighted by molar-refractivity contribution is -0.128. The van der Waals surface area contributed by atoms with Crippen LogP contribution in [0.5, 0.6) is 5.75 Å². The van der Waals surface area contributed by atoms with E-state index in [1.165, 1.54) is 6.92 Å². The van der Waals surface area contributed by atoms with Crippen LogP contribution in [-0.2, 0) is 11.2 Å². The number of nitrogens with zero attached hydrogens (tertiary/aromatic N) is 2. The smallest absolute Gasteiger partial charge is 0.251 e. The molecule has 0 saturated heterocycles. The van der Waals surface area contributed by atoms with Crippen molar-refractivity contribution in [2.75, 3.05) is 6.54 Å². The Morgan fingerprint density at radius 3 is 2.38 bits per heavy atom. The number of rotatable bonds is 11. The highest BCUT2D eigenvalue weighted by Crippen LogP contribution is 2.27. The Bertz CT molecular complexity index is 1520. The molecule has 9 nitrogen and oxygen atoms in total. The van der Waals surface area contributed by atoms with E-state index in [9.17, 15) is 19.8 Å². The number of carbonyl (C=O) groups is 2. The highest BCUT2D eigenvalue weighted by Gasteiger charge is 2.19. The molecule has 2 aromatic carbocycles. The van der Waals surface area contributed by atoms with Gasteiger partial charge in [0, 0.05) is 35.6 Å². The minimum Gasteiger partial charge on any atom is -0.489 e. The number of aliphatic hydroxyl groups is 2. The first-order valence-electron chi connectivity index (χ1n) is 13.5. The van der Waals surface area contributed by atoms with Gasteiger partial charge in [0.1, 0.15) is 17.5 Å². The van der Waals surface area contributed by atoms with Crippen LogP contribution in [-0.4, -0.2) is 56.2 Å². The van der Waals surface area contributed by atoms with Crippen molar-refractivity contribution in [2.24, 2.45) is 0 Å². The van der Waals surface area contributed by atoms with Gasteiger partial charge >= 0.3 is 0 Å². The first kappa shape index (κ1) is 32.6. The van der Waals surface area contributed by atoms with Crippen LogP contribution < -0.4 is 15.4 Å². The van der Waals surface area contributed by atoms with Crippen molar-refractivity contribution in [2.45, 2.75) is 65.9 Å². The number of ether oxygens (including phenoxy) is 1. The number of nitrogens with one attached hydrogen (secondary N) is 2. The summed E-state index contributed by atoms with van der Waals surface area (Å²) in [5.41, 5.74) is 4.39. The molecule has 0 aliphatic rings. The molecule has 42 heavy (non-hydrogen) atoms. The van der Waals surface area contributed by atoms with Crippen molar-refractivity contribution in [3.8, 4) is 17.0 Å². The number of aromatic nitrogens is 2. The molecule has 0 aliphatic heterocycles. The van der Waals surface area contributed by atoms with Gasteiger partial charge < -0.3 is 30.0 Å². The molecule has 4 rings (SSSR count). The first-order valence-corrected chi connectivity index (χ1v) is 13.9. The second-order valence-corrected chi connectivity index (χ2v) is 10.7. The Hall–Kier alpha value is -3.92. The van der Waals surface area contributed by atoms with E-state index < -0.39 is 24.2 Å². The molecule has 0 radical (unpaired) electrons. The minimum atomic E-state index is -1.17. The van der Waals surface area contributed by atoms with Gasteiger partial charge in [-0.05, 0) is 63.9 Å². The second-order valence-electron chi connectivity index (χ2n) is 10.3. The van der Waals surface area contributed by atoms with Crippen molar-refractivity contribution in [3.63, 3.8) is 0 Å². The quantitative estimate of drug-likeness (QED) is 0.194. The highest BCUT2D eigenvalue weighted by molar-refractivity contribution is 6.32. The van der Waals surface area contributed by atoms with E-state index in [-0.39, 0.29) is 26.0 Å². The van der Waals surface area contributed by atoms with Crippen LogP contribution >= 0.6 is 11.6 Å². The average Bonchev–Trinajstić information content (AvgIpc) is 3.37. The molecule has 224 valence electrons. The largest absolute Gasteiger partial charge is 0.489 e. The molecule has 4 aromatic rings. The van der Waals surface area contributed by atoms with Gasteiger partial charge in [0.15, 0.2) is 0 Å². The summed E-state index contributed by atoms with van der Waals surface area (Å²) in [6.45, 7) is 6.99. The van der Waals surface area contributed by atoms with Crippen LogP contribution in [0.4, 0.5) is 0 Å². The minimum absolute atomic E-state index is 0. The van der Waals surface area contributed by atoms with E-state index >= 15 is 0 Å². The lowest BCUT2D eigenvalue weighted by atomic mass is 10.0. The lowest BCUT2D eigenvalue weighted by Gasteiger charge is -2.21. The molecule has 0 aliphatic carbocycles. The van der Waals surface area contributed by atoms with E-state index in [0.29, 0.717) is 28.4 Å². The number of carbonyl (C=O) groups excluding carboxylic acids is 2. The number of hydrogen-bond donors (Lipinski definition) is 4. The summed E-state index contributed by atoms with van der Waals surface area (Å²) in [5, 5.41) is 25.7. The summed E-state index contributed by atoms with van der Waals surface area (Å²) >= 11 is 6.33. The molecular formula is C32H39ClN4O5. The lowest BCUT2D eigenvalue weighted by Crippen LogP contribution is -2.46. The zero-order chi connectivity index (χ0) is 29.7. The number of benzene rings is 2. The summed E-state index contributed by atoms with van der Waals surface area (Å²) < 4.78 is 7.53. The maximum absolute atomic E-state index is 13.1. The molecule has 10 heteroatoms. The summed E-state index contributed by atoms with van der Waals surface area (Å²) in [7, 11) is 0. The fraction of sp³-hybridized carbons (Fsp3) is 0.344. The normalized spacial score (nSPS) is 13.2. The van der Waals surface area contributed by atoms with Crippen molar-refractivity contribution < 1.29 is 24.5 Å². The van der Waals surface area contributed by atoms with Crippen LogP contribution in [0.25, 0.3) is 16.9 Å². The predicted molar refractivity (Wildman–Crippen MR) is 165 cm³/mol. The number of amides is 2. The van der Waals surface area contributed by atoms with E-state index in [2.05, 4.69) is 10.6 Å². The molecule has 0 fully saturated rings. The molecule has 0 bridgehead atoms. The fourth-order valence-electron chi connectivity index (χ4n) is 4.40. The molecule has 0 spiro atoms. The van der Waals surface area contributed by atoms with Crippen molar-refractivity contribution in [1.29, 1.82) is 0 Å². The van der Waals surface area contributed by atoms with Gasteiger partial charge in [-0.25, -0.2) is 4.98 Å². The molecule has 3 atom stereocenters. The van der Waals surface area contributed by atoms with Gasteiger partial charge in [-0.3, -0.25) is 9.59 Å². The molecule has 1 unspecified atom stereocenters. The van der Waals surface area contributed by atoms with Crippen LogP contribution in [0.3, 0.4) is 0 Å².